The molecule has 3 aliphatic rings. The van der Waals surface area contributed by atoms with Gasteiger partial charge >= 0.3 is 6.03 Å². The third-order valence-corrected chi connectivity index (χ3v) is 8.60. The molecule has 206 valence electrons. The second-order valence-corrected chi connectivity index (χ2v) is 11.3. The number of pyridine rings is 2. The fraction of sp³-hybridized carbons (Fsp3) is 0.321. The van der Waals surface area contributed by atoms with Gasteiger partial charge in [-0.15, -0.1) is 11.6 Å². The summed E-state index contributed by atoms with van der Waals surface area (Å²) >= 11 is 7.08. The number of benzene rings is 1. The van der Waals surface area contributed by atoms with Crippen LogP contribution in [0.15, 0.2) is 66.0 Å². The first-order chi connectivity index (χ1) is 19.5. The first-order valence-corrected chi connectivity index (χ1v) is 14.5. The number of carbonyl (C=O) groups excluding carboxylic acids is 3. The lowest BCUT2D eigenvalue weighted by Crippen LogP contribution is -2.53. The molecule has 3 aromatic rings. The number of nitrogens with zero attached hydrogens (tertiary/aromatic N) is 4. The molecule has 2 unspecified atom stereocenters. The number of para-hydroxylation sites is 1. The van der Waals surface area contributed by atoms with Crippen molar-refractivity contribution in [2.45, 2.75) is 41.6 Å². The first kappa shape index (κ1) is 26.4. The van der Waals surface area contributed by atoms with Crippen LogP contribution in [0.2, 0.25) is 0 Å². The van der Waals surface area contributed by atoms with Crippen molar-refractivity contribution < 1.29 is 19.1 Å². The molecule has 0 bridgehead atoms. The van der Waals surface area contributed by atoms with E-state index in [0.717, 1.165) is 18.4 Å². The smallest absolute Gasteiger partial charge is 0.328 e. The van der Waals surface area contributed by atoms with Crippen LogP contribution < -0.4 is 20.3 Å². The van der Waals surface area contributed by atoms with E-state index in [-0.39, 0.29) is 36.2 Å². The Morgan fingerprint density at radius 3 is 2.75 bits per heavy atom. The third kappa shape index (κ3) is 5.18. The molecule has 1 saturated heterocycles. The lowest BCUT2D eigenvalue weighted by atomic mass is 9.99. The molecule has 0 radical (unpaired) electrons. The fourth-order valence-electron chi connectivity index (χ4n) is 5.29. The largest absolute Gasteiger partial charge is 0.456 e. The van der Waals surface area contributed by atoms with Crippen molar-refractivity contribution in [1.82, 2.24) is 25.5 Å². The molecule has 5 heterocycles. The van der Waals surface area contributed by atoms with E-state index in [9.17, 15) is 14.4 Å². The lowest BCUT2D eigenvalue weighted by molar-refractivity contribution is -0.133. The van der Waals surface area contributed by atoms with Gasteiger partial charge in [-0.1, -0.05) is 30.0 Å². The number of hydrogen-bond donors (Lipinski definition) is 2. The molecule has 4 amide bonds. The summed E-state index contributed by atoms with van der Waals surface area (Å²) in [5.74, 6) is 1.74. The number of urea groups is 1. The van der Waals surface area contributed by atoms with E-state index >= 15 is 0 Å². The summed E-state index contributed by atoms with van der Waals surface area (Å²) in [6.45, 7) is 1.12. The number of alkyl halides is 1. The molecule has 2 aromatic heterocycles. The number of aromatic nitrogens is 2. The molecular weight excluding hydrogens is 552 g/mol. The Morgan fingerprint density at radius 2 is 1.98 bits per heavy atom. The fourth-order valence-corrected chi connectivity index (χ4v) is 6.68. The number of likely N-dealkylation sites (tertiary alicyclic amines) is 1. The molecule has 3 aliphatic heterocycles. The molecule has 10 nitrogen and oxygen atoms in total. The Bertz CT molecular complexity index is 1430. The molecule has 12 heteroatoms. The quantitative estimate of drug-likeness (QED) is 0.400. The number of amides is 4. The van der Waals surface area contributed by atoms with Crippen molar-refractivity contribution >= 4 is 52.7 Å². The van der Waals surface area contributed by atoms with E-state index in [1.807, 2.05) is 30.3 Å². The minimum absolute atomic E-state index is 0.00153. The summed E-state index contributed by atoms with van der Waals surface area (Å²) in [6.07, 6.45) is 5.08. The van der Waals surface area contributed by atoms with Gasteiger partial charge in [-0.25, -0.2) is 19.7 Å². The van der Waals surface area contributed by atoms with Gasteiger partial charge < -0.3 is 20.3 Å². The van der Waals surface area contributed by atoms with Crippen LogP contribution in [0, 0.1) is 0 Å². The minimum Gasteiger partial charge on any atom is -0.456 e. The van der Waals surface area contributed by atoms with Gasteiger partial charge in [0.15, 0.2) is 0 Å². The van der Waals surface area contributed by atoms with Gasteiger partial charge in [0.1, 0.15) is 27.6 Å². The number of ether oxygens (including phenoxy) is 1. The van der Waals surface area contributed by atoms with Crippen LogP contribution >= 0.6 is 23.4 Å². The van der Waals surface area contributed by atoms with Crippen LogP contribution in [-0.2, 0) is 9.59 Å². The number of anilines is 2. The highest BCUT2D eigenvalue weighted by molar-refractivity contribution is 8.01. The topological polar surface area (TPSA) is 117 Å². The van der Waals surface area contributed by atoms with Gasteiger partial charge in [0, 0.05) is 43.2 Å². The number of hydrogen-bond acceptors (Lipinski definition) is 7. The summed E-state index contributed by atoms with van der Waals surface area (Å²) in [5.41, 5.74) is 1.43. The monoisotopic (exact) mass is 578 g/mol. The third-order valence-electron chi connectivity index (χ3n) is 7.12. The summed E-state index contributed by atoms with van der Waals surface area (Å²) in [5, 5.41) is 6.22. The molecule has 0 saturated carbocycles. The molecule has 40 heavy (non-hydrogen) atoms. The van der Waals surface area contributed by atoms with Crippen LogP contribution in [0.4, 0.5) is 16.3 Å². The second kappa shape index (κ2) is 11.3. The molecule has 1 aromatic carbocycles. The van der Waals surface area contributed by atoms with Gasteiger partial charge in [0.25, 0.3) is 0 Å². The van der Waals surface area contributed by atoms with Crippen LogP contribution in [0.3, 0.4) is 0 Å². The second-order valence-electron chi connectivity index (χ2n) is 9.74. The predicted molar refractivity (Wildman–Crippen MR) is 151 cm³/mol. The Balaban J connectivity index is 1.18. The zero-order valence-electron chi connectivity index (χ0n) is 21.5. The van der Waals surface area contributed by atoms with Gasteiger partial charge in [0.05, 0.1) is 17.9 Å². The van der Waals surface area contributed by atoms with Gasteiger partial charge in [-0.05, 0) is 43.2 Å². The van der Waals surface area contributed by atoms with E-state index < -0.39 is 11.3 Å². The maximum Gasteiger partial charge on any atom is 0.328 e. The number of piperidine rings is 1. The number of halogens is 1. The normalized spacial score (nSPS) is 21.4. The highest BCUT2D eigenvalue weighted by atomic mass is 35.5. The molecule has 0 aliphatic carbocycles. The minimum atomic E-state index is -0.585. The Labute approximate surface area is 240 Å². The number of carbonyl (C=O) groups is 3. The Kier molecular flexibility index (Phi) is 7.48. The van der Waals surface area contributed by atoms with Crippen molar-refractivity contribution in [2.24, 2.45) is 0 Å². The first-order valence-electron chi connectivity index (χ1n) is 13.1. The summed E-state index contributed by atoms with van der Waals surface area (Å²) in [7, 11) is 0. The molecular formula is C28H27ClN6O4S. The van der Waals surface area contributed by atoms with E-state index in [1.54, 1.807) is 35.5 Å². The van der Waals surface area contributed by atoms with Crippen molar-refractivity contribution in [1.29, 1.82) is 0 Å². The van der Waals surface area contributed by atoms with Crippen molar-refractivity contribution in [3.63, 3.8) is 0 Å². The summed E-state index contributed by atoms with van der Waals surface area (Å²) in [6, 6.07) is 13.5. The molecule has 3 atom stereocenters. The highest BCUT2D eigenvalue weighted by Crippen LogP contribution is 2.50. The highest BCUT2D eigenvalue weighted by Gasteiger charge is 2.47. The number of thioether (sulfide) groups is 1. The standard InChI is InChI=1S/C28H27ClN6O4S/c29-12-10-22(36)34-14-4-5-17(16-34)32-26(37)25-24-23-20(11-13-30-27(23)40-25)35(28(38)33-24)21-9-8-19(15-31-21)39-18-6-2-1-3-7-18/h1-3,6-9,11,13,15,17,24-25H,4-5,10,12,14,16H2,(H,32,37)(H,33,38)/t17?,24?,25-/m1/s1. The van der Waals surface area contributed by atoms with E-state index in [1.165, 1.54) is 16.7 Å². The molecule has 6 rings (SSSR count). The Hall–Kier alpha value is -3.83. The van der Waals surface area contributed by atoms with Crippen LogP contribution in [0.25, 0.3) is 0 Å². The molecule has 1 fully saturated rings. The van der Waals surface area contributed by atoms with Crippen molar-refractivity contribution in [3.8, 4) is 11.5 Å². The van der Waals surface area contributed by atoms with Gasteiger partial charge in [0.2, 0.25) is 11.8 Å². The zero-order valence-corrected chi connectivity index (χ0v) is 23.0. The van der Waals surface area contributed by atoms with Gasteiger partial charge in [-0.2, -0.15) is 0 Å². The summed E-state index contributed by atoms with van der Waals surface area (Å²) in [4.78, 5) is 51.4. The van der Waals surface area contributed by atoms with Crippen LogP contribution in [0.5, 0.6) is 11.5 Å². The summed E-state index contributed by atoms with van der Waals surface area (Å²) < 4.78 is 5.83. The molecule has 2 N–H and O–H groups in total. The van der Waals surface area contributed by atoms with Crippen LogP contribution in [0.1, 0.15) is 30.9 Å². The van der Waals surface area contributed by atoms with E-state index in [2.05, 4.69) is 20.6 Å². The average Bonchev–Trinajstić information content (AvgIpc) is 3.34. The van der Waals surface area contributed by atoms with E-state index in [4.69, 9.17) is 16.3 Å². The van der Waals surface area contributed by atoms with Gasteiger partial charge in [-0.3, -0.25) is 9.59 Å². The Morgan fingerprint density at radius 1 is 1.12 bits per heavy atom. The zero-order chi connectivity index (χ0) is 27.6. The maximum atomic E-state index is 13.5. The van der Waals surface area contributed by atoms with Crippen molar-refractivity contribution in [3.05, 3.63) is 66.5 Å². The number of nitrogens with one attached hydrogen (secondary N) is 2. The van der Waals surface area contributed by atoms with E-state index in [0.29, 0.717) is 41.1 Å². The maximum absolute atomic E-state index is 13.5. The average molecular weight is 579 g/mol. The molecule has 0 spiro atoms. The lowest BCUT2D eigenvalue weighted by Gasteiger charge is -2.35. The predicted octanol–water partition coefficient (Wildman–Crippen LogP) is 4.38. The SMILES string of the molecule is O=C(NC1CCCN(C(=O)CCCl)C1)[C@@H]1Sc2nccc3c2C1NC(=O)N3c1ccc(Oc2ccccc2)cn1. The van der Waals surface area contributed by atoms with Crippen molar-refractivity contribution in [2.75, 3.05) is 23.9 Å². The van der Waals surface area contributed by atoms with Crippen LogP contribution in [-0.4, -0.2) is 63.0 Å². The number of rotatable bonds is 7.